The van der Waals surface area contributed by atoms with Crippen LogP contribution in [0.25, 0.3) is 0 Å². The van der Waals surface area contributed by atoms with Crippen molar-refractivity contribution in [2.45, 2.75) is 37.3 Å². The second-order valence-corrected chi connectivity index (χ2v) is 6.48. The summed E-state index contributed by atoms with van der Waals surface area (Å²) in [5.41, 5.74) is 0.182. The Bertz CT molecular complexity index is 358. The number of aliphatic hydroxyl groups excluding tert-OH is 1. The molecule has 124 valence electrons. The van der Waals surface area contributed by atoms with Gasteiger partial charge in [0.2, 0.25) is 5.91 Å². The number of aliphatic hydroxyl groups is 1. The highest BCUT2D eigenvalue weighted by molar-refractivity contribution is 5.85. The fraction of sp³-hybridized carbons (Fsp3) is 0.929. The van der Waals surface area contributed by atoms with E-state index in [0.717, 1.165) is 45.6 Å². The molecule has 21 heavy (non-hydrogen) atoms. The molecule has 0 aromatic carbocycles. The maximum atomic E-state index is 12.4. The van der Waals surface area contributed by atoms with Gasteiger partial charge in [0.15, 0.2) is 0 Å². The van der Waals surface area contributed by atoms with E-state index in [2.05, 4.69) is 22.2 Å². The van der Waals surface area contributed by atoms with Crippen LogP contribution < -0.4 is 5.32 Å². The Morgan fingerprint density at radius 2 is 1.81 bits per heavy atom. The van der Waals surface area contributed by atoms with Crippen molar-refractivity contribution in [1.82, 2.24) is 15.1 Å². The van der Waals surface area contributed by atoms with Crippen LogP contribution in [-0.2, 0) is 4.79 Å². The molecule has 1 spiro atoms. The number of nitrogens with zero attached hydrogens (tertiary/aromatic N) is 2. The quantitative estimate of drug-likeness (QED) is 0.730. The van der Waals surface area contributed by atoms with E-state index in [4.69, 9.17) is 0 Å². The number of nitrogens with one attached hydrogen (secondary N) is 1. The van der Waals surface area contributed by atoms with Gasteiger partial charge in [-0.3, -0.25) is 9.69 Å². The predicted molar refractivity (Wildman–Crippen MR) is 87.3 cm³/mol. The second kappa shape index (κ2) is 7.47. The lowest BCUT2D eigenvalue weighted by molar-refractivity contribution is -0.148. The van der Waals surface area contributed by atoms with Gasteiger partial charge in [-0.05, 0) is 45.8 Å². The van der Waals surface area contributed by atoms with Gasteiger partial charge in [0.05, 0.1) is 6.10 Å². The zero-order chi connectivity index (χ0) is 13.5. The zero-order valence-electron chi connectivity index (χ0n) is 12.6. The van der Waals surface area contributed by atoms with Crippen LogP contribution in [0, 0.1) is 5.92 Å². The van der Waals surface area contributed by atoms with Gasteiger partial charge >= 0.3 is 0 Å². The smallest absolute Gasteiger partial charge is 0.225 e. The number of hydrogen-bond acceptors (Lipinski definition) is 4. The van der Waals surface area contributed by atoms with Crippen LogP contribution >= 0.6 is 24.8 Å². The van der Waals surface area contributed by atoms with Crippen molar-refractivity contribution < 1.29 is 9.90 Å². The molecule has 1 aliphatic carbocycles. The first-order chi connectivity index (χ1) is 9.11. The zero-order valence-corrected chi connectivity index (χ0v) is 14.2. The molecule has 3 aliphatic rings. The summed E-state index contributed by atoms with van der Waals surface area (Å²) in [4.78, 5) is 16.9. The third-order valence-electron chi connectivity index (χ3n) is 5.31. The van der Waals surface area contributed by atoms with Gasteiger partial charge < -0.3 is 15.3 Å². The summed E-state index contributed by atoms with van der Waals surface area (Å²) in [6.07, 6.45) is 3.34. The highest BCUT2D eigenvalue weighted by Gasteiger charge is 2.44. The average molecular weight is 340 g/mol. The molecule has 3 fully saturated rings. The Labute approximate surface area is 139 Å². The number of carbonyl (C=O) groups excluding carboxylic acids is 1. The average Bonchev–Trinajstić information content (AvgIpc) is 2.39. The third kappa shape index (κ3) is 3.64. The van der Waals surface area contributed by atoms with Crippen LogP contribution in [0.1, 0.15) is 25.7 Å². The summed E-state index contributed by atoms with van der Waals surface area (Å²) in [5.74, 6) is 0.355. The third-order valence-corrected chi connectivity index (χ3v) is 5.31. The van der Waals surface area contributed by atoms with Crippen LogP contribution in [0.15, 0.2) is 0 Å². The molecule has 0 atom stereocenters. The van der Waals surface area contributed by atoms with Gasteiger partial charge in [0.1, 0.15) is 0 Å². The highest BCUT2D eigenvalue weighted by Crippen LogP contribution is 2.33. The minimum Gasteiger partial charge on any atom is -0.393 e. The van der Waals surface area contributed by atoms with E-state index in [-0.39, 0.29) is 48.3 Å². The van der Waals surface area contributed by atoms with E-state index in [1.54, 1.807) is 0 Å². The fourth-order valence-electron chi connectivity index (χ4n) is 3.73. The van der Waals surface area contributed by atoms with Crippen LogP contribution in [0.5, 0.6) is 0 Å². The van der Waals surface area contributed by atoms with E-state index in [1.807, 2.05) is 0 Å². The van der Waals surface area contributed by atoms with Crippen molar-refractivity contribution in [3.05, 3.63) is 0 Å². The molecular weight excluding hydrogens is 313 g/mol. The van der Waals surface area contributed by atoms with Crippen molar-refractivity contribution in [1.29, 1.82) is 0 Å². The van der Waals surface area contributed by atoms with E-state index < -0.39 is 0 Å². The Morgan fingerprint density at radius 1 is 1.19 bits per heavy atom. The molecule has 2 aliphatic heterocycles. The summed E-state index contributed by atoms with van der Waals surface area (Å²) >= 11 is 0. The highest BCUT2D eigenvalue weighted by atomic mass is 35.5. The van der Waals surface area contributed by atoms with Crippen LogP contribution in [0.2, 0.25) is 0 Å². The number of halogens is 2. The minimum atomic E-state index is -0.241. The van der Waals surface area contributed by atoms with Gasteiger partial charge in [-0.2, -0.15) is 0 Å². The molecule has 1 amide bonds. The minimum absolute atomic E-state index is 0. The molecule has 7 heteroatoms. The maximum absolute atomic E-state index is 12.4. The molecule has 0 unspecified atom stereocenters. The lowest BCUT2D eigenvalue weighted by Crippen LogP contribution is -2.65. The Hall–Kier alpha value is -0.0700. The number of amides is 1. The van der Waals surface area contributed by atoms with E-state index in [1.165, 1.54) is 0 Å². The summed E-state index contributed by atoms with van der Waals surface area (Å²) < 4.78 is 0. The lowest BCUT2D eigenvalue weighted by Gasteiger charge is -2.52. The number of carbonyl (C=O) groups is 1. The fourth-order valence-corrected chi connectivity index (χ4v) is 3.73. The van der Waals surface area contributed by atoms with Gasteiger partial charge in [-0.1, -0.05) is 0 Å². The van der Waals surface area contributed by atoms with E-state index in [0.29, 0.717) is 12.8 Å². The number of rotatable bonds is 1. The van der Waals surface area contributed by atoms with Crippen molar-refractivity contribution in [3.8, 4) is 0 Å². The van der Waals surface area contributed by atoms with Crippen LogP contribution in [0.4, 0.5) is 0 Å². The largest absolute Gasteiger partial charge is 0.393 e. The Balaban J connectivity index is 0.00000110. The summed E-state index contributed by atoms with van der Waals surface area (Å²) in [7, 11) is 2.19. The van der Waals surface area contributed by atoms with Gasteiger partial charge in [0.25, 0.3) is 0 Å². The molecule has 0 aromatic heterocycles. The van der Waals surface area contributed by atoms with Crippen molar-refractivity contribution in [3.63, 3.8) is 0 Å². The van der Waals surface area contributed by atoms with Gasteiger partial charge in [0, 0.05) is 31.1 Å². The Morgan fingerprint density at radius 3 is 2.38 bits per heavy atom. The number of piperidine rings is 1. The SMILES string of the molecule is CN1CCN(C(=O)C2CC(O)C2)CC12CCNCC2.Cl.Cl. The second-order valence-electron chi connectivity index (χ2n) is 6.48. The van der Waals surface area contributed by atoms with Gasteiger partial charge in [-0.25, -0.2) is 0 Å². The van der Waals surface area contributed by atoms with Gasteiger partial charge in [-0.15, -0.1) is 24.8 Å². The predicted octanol–water partition coefficient (Wildman–Crippen LogP) is 0.497. The molecular formula is C14H27Cl2N3O2. The maximum Gasteiger partial charge on any atom is 0.225 e. The standard InChI is InChI=1S/C14H25N3O2.2ClH/c1-16-6-7-17(13(19)11-8-12(18)9-11)10-14(16)2-4-15-5-3-14;;/h11-12,15,18H,2-10H2,1H3;2*1H. The molecule has 2 N–H and O–H groups in total. The lowest BCUT2D eigenvalue weighted by atomic mass is 9.79. The van der Waals surface area contributed by atoms with Crippen molar-refractivity contribution >= 4 is 30.7 Å². The van der Waals surface area contributed by atoms with E-state index >= 15 is 0 Å². The topological polar surface area (TPSA) is 55.8 Å². The molecule has 3 rings (SSSR count). The van der Waals surface area contributed by atoms with Crippen molar-refractivity contribution in [2.24, 2.45) is 5.92 Å². The molecule has 5 nitrogen and oxygen atoms in total. The van der Waals surface area contributed by atoms with Crippen LogP contribution in [-0.4, -0.2) is 72.2 Å². The molecule has 2 saturated heterocycles. The summed E-state index contributed by atoms with van der Waals surface area (Å²) in [6, 6.07) is 0. The first-order valence-corrected chi connectivity index (χ1v) is 7.49. The molecule has 0 radical (unpaired) electrons. The van der Waals surface area contributed by atoms with Crippen LogP contribution in [0.3, 0.4) is 0 Å². The van der Waals surface area contributed by atoms with Crippen molar-refractivity contribution in [2.75, 3.05) is 39.8 Å². The Kier molecular flexibility index (Phi) is 6.75. The number of hydrogen-bond donors (Lipinski definition) is 2. The van der Waals surface area contributed by atoms with E-state index in [9.17, 15) is 9.90 Å². The molecule has 1 saturated carbocycles. The molecule has 0 bridgehead atoms. The molecule has 2 heterocycles. The monoisotopic (exact) mass is 339 g/mol. The molecule has 0 aromatic rings. The number of likely N-dealkylation sites (N-methyl/N-ethyl adjacent to an activating group) is 1. The number of piperazine rings is 1. The summed E-state index contributed by atoms with van der Waals surface area (Å²) in [6.45, 7) is 4.79. The summed E-state index contributed by atoms with van der Waals surface area (Å²) in [5, 5.41) is 12.8. The normalized spacial score (nSPS) is 31.8. The first-order valence-electron chi connectivity index (χ1n) is 7.49. The first kappa shape index (κ1) is 19.0.